The quantitative estimate of drug-likeness (QED) is 0.666. The number of fused-ring (bicyclic) bond motifs is 1. The van der Waals surface area contributed by atoms with Gasteiger partial charge in [0.05, 0.1) is 29.2 Å². The Bertz CT molecular complexity index is 1010. The third kappa shape index (κ3) is 4.50. The van der Waals surface area contributed by atoms with Gasteiger partial charge in [0, 0.05) is 17.2 Å². The number of ether oxygens (including phenoxy) is 1. The van der Waals surface area contributed by atoms with E-state index in [1.165, 1.54) is 6.08 Å². The number of amidine groups is 1. The molecular weight excluding hydrogens is 450 g/mol. The SMILES string of the molecule is CCCOC(=O)c1cc(Br)ccc1NC(=O)C1=CC=CN2CCS(=O)(=O)N=C12. The molecule has 0 saturated carbocycles. The molecule has 1 amide bonds. The first kappa shape index (κ1) is 20.3. The molecule has 3 rings (SSSR count). The monoisotopic (exact) mass is 467 g/mol. The van der Waals surface area contributed by atoms with Crippen LogP contribution in [0.2, 0.25) is 0 Å². The van der Waals surface area contributed by atoms with Crippen LogP contribution in [-0.2, 0) is 19.6 Å². The lowest BCUT2D eigenvalue weighted by molar-refractivity contribution is -0.112. The van der Waals surface area contributed by atoms with Crippen molar-refractivity contribution in [2.75, 3.05) is 24.2 Å². The summed E-state index contributed by atoms with van der Waals surface area (Å²) in [5.74, 6) is -1.18. The highest BCUT2D eigenvalue weighted by atomic mass is 79.9. The Morgan fingerprint density at radius 2 is 2.14 bits per heavy atom. The maximum absolute atomic E-state index is 12.8. The summed E-state index contributed by atoms with van der Waals surface area (Å²) < 4.78 is 33.2. The summed E-state index contributed by atoms with van der Waals surface area (Å²) in [4.78, 5) is 26.7. The Morgan fingerprint density at radius 1 is 1.36 bits per heavy atom. The number of halogens is 1. The molecule has 0 fully saturated rings. The van der Waals surface area contributed by atoms with Crippen LogP contribution in [0.4, 0.5) is 5.69 Å². The Kier molecular flexibility index (Phi) is 5.99. The summed E-state index contributed by atoms with van der Waals surface area (Å²) in [7, 11) is -3.62. The van der Waals surface area contributed by atoms with Gasteiger partial charge in [-0.3, -0.25) is 4.79 Å². The highest BCUT2D eigenvalue weighted by Gasteiger charge is 2.30. The molecule has 0 aliphatic carbocycles. The fraction of sp³-hybridized carbons (Fsp3) is 0.278. The summed E-state index contributed by atoms with van der Waals surface area (Å²) in [6, 6.07) is 4.80. The molecule has 1 aromatic carbocycles. The number of rotatable bonds is 5. The zero-order valence-corrected chi connectivity index (χ0v) is 17.4. The first-order chi connectivity index (χ1) is 13.3. The maximum atomic E-state index is 12.8. The molecule has 10 heteroatoms. The van der Waals surface area contributed by atoms with Gasteiger partial charge in [0.2, 0.25) is 0 Å². The molecule has 148 valence electrons. The van der Waals surface area contributed by atoms with Gasteiger partial charge >= 0.3 is 5.97 Å². The van der Waals surface area contributed by atoms with Crippen molar-refractivity contribution in [1.29, 1.82) is 0 Å². The fourth-order valence-electron chi connectivity index (χ4n) is 2.65. The molecule has 2 aliphatic rings. The number of carbonyl (C=O) groups excluding carboxylic acids is 2. The van der Waals surface area contributed by atoms with E-state index in [1.807, 2.05) is 6.92 Å². The molecule has 0 bridgehead atoms. The Balaban J connectivity index is 1.89. The van der Waals surface area contributed by atoms with E-state index in [0.29, 0.717) is 10.9 Å². The summed E-state index contributed by atoms with van der Waals surface area (Å²) in [5.41, 5.74) is 0.551. The van der Waals surface area contributed by atoms with Crippen LogP contribution in [0.25, 0.3) is 0 Å². The minimum atomic E-state index is -3.62. The van der Waals surface area contributed by atoms with E-state index in [9.17, 15) is 18.0 Å². The number of nitrogens with zero attached hydrogens (tertiary/aromatic N) is 2. The highest BCUT2D eigenvalue weighted by Crippen LogP contribution is 2.24. The molecular formula is C18H18BrN3O5S. The van der Waals surface area contributed by atoms with Crippen LogP contribution in [-0.4, -0.2) is 49.9 Å². The average molecular weight is 468 g/mol. The summed E-state index contributed by atoms with van der Waals surface area (Å²) >= 11 is 3.30. The molecule has 0 saturated heterocycles. The number of amides is 1. The number of hydrogen-bond acceptors (Lipinski definition) is 6. The summed E-state index contributed by atoms with van der Waals surface area (Å²) in [6.45, 7) is 2.36. The third-order valence-electron chi connectivity index (χ3n) is 3.99. The number of nitrogens with one attached hydrogen (secondary N) is 1. The first-order valence-electron chi connectivity index (χ1n) is 8.57. The van der Waals surface area contributed by atoms with Crippen LogP contribution in [0.1, 0.15) is 23.7 Å². The number of anilines is 1. The number of sulfonamides is 1. The molecule has 0 aromatic heterocycles. The molecule has 0 spiro atoms. The molecule has 1 aromatic rings. The number of benzene rings is 1. The summed E-state index contributed by atoms with van der Waals surface area (Å²) in [5, 5.41) is 2.66. The Labute approximate surface area is 171 Å². The minimum absolute atomic E-state index is 0.0680. The molecule has 1 N–H and O–H groups in total. The van der Waals surface area contributed by atoms with E-state index >= 15 is 0 Å². The predicted octanol–water partition coefficient (Wildman–Crippen LogP) is 2.45. The van der Waals surface area contributed by atoms with Crippen molar-refractivity contribution >= 4 is 49.4 Å². The number of hydrogen-bond donors (Lipinski definition) is 1. The van der Waals surface area contributed by atoms with Crippen LogP contribution in [0.5, 0.6) is 0 Å². The van der Waals surface area contributed by atoms with E-state index < -0.39 is 21.9 Å². The van der Waals surface area contributed by atoms with Gasteiger partial charge in [-0.25, -0.2) is 13.2 Å². The van der Waals surface area contributed by atoms with Crippen LogP contribution in [0, 0.1) is 0 Å². The van der Waals surface area contributed by atoms with Crippen LogP contribution in [0.3, 0.4) is 0 Å². The van der Waals surface area contributed by atoms with Crippen LogP contribution >= 0.6 is 15.9 Å². The normalized spacial score (nSPS) is 17.3. The second kappa shape index (κ2) is 8.27. The lowest BCUT2D eigenvalue weighted by atomic mass is 10.1. The number of carbonyl (C=O) groups is 2. The van der Waals surface area contributed by atoms with Crippen molar-refractivity contribution in [2.45, 2.75) is 13.3 Å². The average Bonchev–Trinajstić information content (AvgIpc) is 2.66. The molecule has 0 unspecified atom stereocenters. The molecule has 0 radical (unpaired) electrons. The van der Waals surface area contributed by atoms with Gasteiger partial charge in [-0.05, 0) is 36.8 Å². The van der Waals surface area contributed by atoms with Gasteiger partial charge in [0.1, 0.15) is 0 Å². The number of allylic oxidation sites excluding steroid dienone is 2. The standard InChI is InChI=1S/C18H18BrN3O5S/c1-2-9-27-18(24)14-11-12(19)5-6-15(14)20-17(23)13-4-3-7-22-8-10-28(25,26)21-16(13)22/h3-7,11H,2,8-10H2,1H3,(H,20,23). The maximum Gasteiger partial charge on any atom is 0.340 e. The van der Waals surface area contributed by atoms with Crippen molar-refractivity contribution in [3.8, 4) is 0 Å². The Morgan fingerprint density at radius 3 is 2.89 bits per heavy atom. The predicted molar refractivity (Wildman–Crippen MR) is 108 cm³/mol. The topological polar surface area (TPSA) is 105 Å². The van der Waals surface area contributed by atoms with Crippen molar-refractivity contribution in [2.24, 2.45) is 4.40 Å². The highest BCUT2D eigenvalue weighted by molar-refractivity contribution is 9.10. The second-order valence-corrected chi connectivity index (χ2v) is 8.77. The van der Waals surface area contributed by atoms with E-state index in [0.717, 1.165) is 0 Å². The van der Waals surface area contributed by atoms with E-state index in [1.54, 1.807) is 35.4 Å². The number of esters is 1. The van der Waals surface area contributed by atoms with E-state index in [-0.39, 0.29) is 41.6 Å². The minimum Gasteiger partial charge on any atom is -0.462 e. The molecule has 0 atom stereocenters. The van der Waals surface area contributed by atoms with Crippen molar-refractivity contribution in [3.05, 3.63) is 52.2 Å². The van der Waals surface area contributed by atoms with Crippen molar-refractivity contribution in [3.63, 3.8) is 0 Å². The van der Waals surface area contributed by atoms with Gasteiger partial charge < -0.3 is 15.0 Å². The molecule has 2 aliphatic heterocycles. The third-order valence-corrected chi connectivity index (χ3v) is 5.63. The van der Waals surface area contributed by atoms with Crippen LogP contribution < -0.4 is 5.32 Å². The smallest absolute Gasteiger partial charge is 0.340 e. The van der Waals surface area contributed by atoms with Gasteiger partial charge in [0.25, 0.3) is 15.9 Å². The second-order valence-electron chi connectivity index (χ2n) is 6.10. The zero-order chi connectivity index (χ0) is 20.3. The molecule has 2 heterocycles. The van der Waals surface area contributed by atoms with E-state index in [4.69, 9.17) is 4.74 Å². The van der Waals surface area contributed by atoms with Gasteiger partial charge in [0.15, 0.2) is 5.84 Å². The first-order valence-corrected chi connectivity index (χ1v) is 11.0. The molecule has 8 nitrogen and oxygen atoms in total. The van der Waals surface area contributed by atoms with Gasteiger partial charge in [-0.2, -0.15) is 0 Å². The van der Waals surface area contributed by atoms with Gasteiger partial charge in [-0.1, -0.05) is 22.9 Å². The lowest BCUT2D eigenvalue weighted by Gasteiger charge is -2.28. The largest absolute Gasteiger partial charge is 0.462 e. The van der Waals surface area contributed by atoms with E-state index in [2.05, 4.69) is 25.6 Å². The van der Waals surface area contributed by atoms with Gasteiger partial charge in [-0.15, -0.1) is 4.40 Å². The van der Waals surface area contributed by atoms with Crippen molar-refractivity contribution < 1.29 is 22.7 Å². The summed E-state index contributed by atoms with van der Waals surface area (Å²) in [6.07, 6.45) is 5.46. The fourth-order valence-corrected chi connectivity index (χ4v) is 4.00. The zero-order valence-electron chi connectivity index (χ0n) is 15.0. The van der Waals surface area contributed by atoms with Crippen molar-refractivity contribution in [1.82, 2.24) is 4.90 Å². The Hall–Kier alpha value is -2.46. The molecule has 28 heavy (non-hydrogen) atoms. The lowest BCUT2D eigenvalue weighted by Crippen LogP contribution is -2.41. The van der Waals surface area contributed by atoms with Crippen LogP contribution in [0.15, 0.2) is 51.0 Å².